The zero-order valence-electron chi connectivity index (χ0n) is 10.2. The lowest BCUT2D eigenvalue weighted by molar-refractivity contribution is -0.137. The first kappa shape index (κ1) is 14.0. The van der Waals surface area contributed by atoms with Crippen molar-refractivity contribution in [1.82, 2.24) is 4.90 Å². The number of benzene rings is 1. The van der Waals surface area contributed by atoms with Crippen molar-refractivity contribution in [2.75, 3.05) is 18.4 Å². The van der Waals surface area contributed by atoms with Crippen LogP contribution in [0, 0.1) is 12.7 Å². The third-order valence-electron chi connectivity index (χ3n) is 2.45. The molecule has 0 spiro atoms. The molecule has 0 atom stereocenters. The Morgan fingerprint density at radius 2 is 2.11 bits per heavy atom. The largest absolute Gasteiger partial charge is 0.480 e. The zero-order valence-corrected chi connectivity index (χ0v) is 10.2. The number of nitrogens with zero attached hydrogens (tertiary/aromatic N) is 1. The summed E-state index contributed by atoms with van der Waals surface area (Å²) >= 11 is 0. The van der Waals surface area contributed by atoms with Crippen molar-refractivity contribution in [3.63, 3.8) is 0 Å². The number of carbonyl (C=O) groups excluding carboxylic acids is 1. The van der Waals surface area contributed by atoms with E-state index in [2.05, 4.69) is 5.32 Å². The maximum Gasteiger partial charge on any atom is 0.323 e. The van der Waals surface area contributed by atoms with Gasteiger partial charge in [0, 0.05) is 6.54 Å². The Morgan fingerprint density at radius 3 is 2.61 bits per heavy atom. The number of halogens is 1. The highest BCUT2D eigenvalue weighted by molar-refractivity contribution is 5.92. The predicted octanol–water partition coefficient (Wildman–Crippen LogP) is 2.07. The van der Waals surface area contributed by atoms with Gasteiger partial charge in [0.05, 0.1) is 5.69 Å². The van der Waals surface area contributed by atoms with E-state index in [9.17, 15) is 14.0 Å². The van der Waals surface area contributed by atoms with Crippen molar-refractivity contribution in [2.45, 2.75) is 13.8 Å². The second kappa shape index (κ2) is 6.00. The standard InChI is InChI=1S/C12H15FN2O3/c1-3-15(7-10(16)17)12(18)14-11-8(2)5-4-6-9(11)13/h4-6H,3,7H2,1-2H3,(H,14,18)(H,16,17). The van der Waals surface area contributed by atoms with Crippen LogP contribution in [-0.4, -0.2) is 35.1 Å². The molecule has 2 N–H and O–H groups in total. The molecule has 0 bridgehead atoms. The van der Waals surface area contributed by atoms with Crippen LogP contribution in [0.25, 0.3) is 0 Å². The van der Waals surface area contributed by atoms with Gasteiger partial charge < -0.3 is 15.3 Å². The van der Waals surface area contributed by atoms with E-state index >= 15 is 0 Å². The molecule has 0 aliphatic carbocycles. The molecule has 0 aliphatic rings. The highest BCUT2D eigenvalue weighted by Crippen LogP contribution is 2.19. The van der Waals surface area contributed by atoms with Gasteiger partial charge in [0.2, 0.25) is 0 Å². The van der Waals surface area contributed by atoms with E-state index in [1.165, 1.54) is 12.1 Å². The van der Waals surface area contributed by atoms with Crippen LogP contribution in [0.4, 0.5) is 14.9 Å². The van der Waals surface area contributed by atoms with Gasteiger partial charge in [0.25, 0.3) is 0 Å². The first-order valence-electron chi connectivity index (χ1n) is 5.48. The minimum absolute atomic E-state index is 0.0753. The molecule has 0 saturated heterocycles. The van der Waals surface area contributed by atoms with Crippen molar-refractivity contribution in [1.29, 1.82) is 0 Å². The second-order valence-electron chi connectivity index (χ2n) is 3.77. The zero-order chi connectivity index (χ0) is 13.7. The molecule has 0 aromatic heterocycles. The Morgan fingerprint density at radius 1 is 1.44 bits per heavy atom. The smallest absolute Gasteiger partial charge is 0.323 e. The summed E-state index contributed by atoms with van der Waals surface area (Å²) in [5.41, 5.74) is 0.654. The van der Waals surface area contributed by atoms with Crippen LogP contribution in [0.2, 0.25) is 0 Å². The number of para-hydroxylation sites is 1. The van der Waals surface area contributed by atoms with Gasteiger partial charge in [-0.05, 0) is 25.5 Å². The molecule has 2 amide bonds. The molecule has 18 heavy (non-hydrogen) atoms. The number of hydrogen-bond donors (Lipinski definition) is 2. The van der Waals surface area contributed by atoms with Crippen molar-refractivity contribution in [3.05, 3.63) is 29.6 Å². The van der Waals surface area contributed by atoms with Crippen molar-refractivity contribution >= 4 is 17.7 Å². The molecule has 6 heteroatoms. The fourth-order valence-electron chi connectivity index (χ4n) is 1.47. The molecule has 0 aliphatic heterocycles. The van der Waals surface area contributed by atoms with Gasteiger partial charge in [0.1, 0.15) is 12.4 Å². The summed E-state index contributed by atoms with van der Waals surface area (Å²) in [7, 11) is 0. The summed E-state index contributed by atoms with van der Waals surface area (Å²) in [6.07, 6.45) is 0. The number of anilines is 1. The molecule has 1 aromatic carbocycles. The first-order valence-corrected chi connectivity index (χ1v) is 5.48. The number of amides is 2. The van der Waals surface area contributed by atoms with Gasteiger partial charge in [-0.3, -0.25) is 4.79 Å². The minimum atomic E-state index is -1.11. The molecule has 5 nitrogen and oxygen atoms in total. The van der Waals surface area contributed by atoms with Crippen molar-refractivity contribution < 1.29 is 19.1 Å². The lowest BCUT2D eigenvalue weighted by atomic mass is 10.2. The van der Waals surface area contributed by atoms with E-state index in [1.807, 2.05) is 0 Å². The third-order valence-corrected chi connectivity index (χ3v) is 2.45. The highest BCUT2D eigenvalue weighted by atomic mass is 19.1. The van der Waals surface area contributed by atoms with Crippen molar-refractivity contribution in [2.24, 2.45) is 0 Å². The number of nitrogens with one attached hydrogen (secondary N) is 1. The summed E-state index contributed by atoms with van der Waals surface area (Å²) < 4.78 is 13.5. The molecular weight excluding hydrogens is 239 g/mol. The lowest BCUT2D eigenvalue weighted by Crippen LogP contribution is -2.38. The molecule has 0 unspecified atom stereocenters. The summed E-state index contributed by atoms with van der Waals surface area (Å²) in [5.74, 6) is -1.66. The average molecular weight is 254 g/mol. The maximum atomic E-state index is 13.5. The number of carbonyl (C=O) groups is 2. The summed E-state index contributed by atoms with van der Waals surface area (Å²) in [6.45, 7) is 3.12. The van der Waals surface area contributed by atoms with E-state index in [1.54, 1.807) is 19.9 Å². The fraction of sp³-hybridized carbons (Fsp3) is 0.333. The number of carboxylic acid groups (broad SMARTS) is 1. The van der Waals surface area contributed by atoms with Crippen LogP contribution in [0.15, 0.2) is 18.2 Å². The molecule has 0 radical (unpaired) electrons. The van der Waals surface area contributed by atoms with Gasteiger partial charge in [0.15, 0.2) is 0 Å². The molecular formula is C12H15FN2O3. The SMILES string of the molecule is CCN(CC(=O)O)C(=O)Nc1c(C)cccc1F. The van der Waals surface area contributed by atoms with E-state index in [0.29, 0.717) is 5.56 Å². The molecule has 1 rings (SSSR count). The third kappa shape index (κ3) is 3.44. The lowest BCUT2D eigenvalue weighted by Gasteiger charge is -2.20. The van der Waals surface area contributed by atoms with Gasteiger partial charge in [-0.2, -0.15) is 0 Å². The van der Waals surface area contributed by atoms with Crippen LogP contribution in [0.1, 0.15) is 12.5 Å². The van der Waals surface area contributed by atoms with Gasteiger partial charge in [-0.1, -0.05) is 12.1 Å². The molecule has 0 heterocycles. The van der Waals surface area contributed by atoms with Gasteiger partial charge in [-0.25, -0.2) is 9.18 Å². The molecule has 0 fully saturated rings. The Labute approximate surface area is 104 Å². The van der Waals surface area contributed by atoms with Gasteiger partial charge >= 0.3 is 12.0 Å². The normalized spacial score (nSPS) is 9.94. The van der Waals surface area contributed by atoms with Crippen LogP contribution in [0.3, 0.4) is 0 Å². The molecule has 1 aromatic rings. The number of hydrogen-bond acceptors (Lipinski definition) is 2. The Bertz CT molecular complexity index is 442. The van der Waals surface area contributed by atoms with E-state index in [-0.39, 0.29) is 12.2 Å². The average Bonchev–Trinajstić information content (AvgIpc) is 2.30. The fourth-order valence-corrected chi connectivity index (χ4v) is 1.47. The summed E-state index contributed by atoms with van der Waals surface area (Å²) in [6, 6.07) is 3.80. The number of aliphatic carboxylic acids is 1. The van der Waals surface area contributed by atoms with Crippen LogP contribution >= 0.6 is 0 Å². The van der Waals surface area contributed by atoms with E-state index < -0.39 is 24.4 Å². The Hall–Kier alpha value is -2.11. The quantitative estimate of drug-likeness (QED) is 0.864. The Balaban J connectivity index is 2.83. The number of urea groups is 1. The van der Waals surface area contributed by atoms with E-state index in [0.717, 1.165) is 4.90 Å². The first-order chi connectivity index (χ1) is 8.45. The van der Waals surface area contributed by atoms with Crippen molar-refractivity contribution in [3.8, 4) is 0 Å². The number of carboxylic acids is 1. The monoisotopic (exact) mass is 254 g/mol. The minimum Gasteiger partial charge on any atom is -0.480 e. The predicted molar refractivity (Wildman–Crippen MR) is 65.0 cm³/mol. The maximum absolute atomic E-state index is 13.5. The number of likely N-dealkylation sites (N-methyl/N-ethyl adjacent to an activating group) is 1. The highest BCUT2D eigenvalue weighted by Gasteiger charge is 2.17. The van der Waals surface area contributed by atoms with E-state index in [4.69, 9.17) is 5.11 Å². The number of aryl methyl sites for hydroxylation is 1. The van der Waals surface area contributed by atoms with Crippen LogP contribution in [0.5, 0.6) is 0 Å². The second-order valence-corrected chi connectivity index (χ2v) is 3.77. The number of rotatable bonds is 4. The molecule has 98 valence electrons. The van der Waals surface area contributed by atoms with Crippen LogP contribution in [-0.2, 0) is 4.79 Å². The van der Waals surface area contributed by atoms with Gasteiger partial charge in [-0.15, -0.1) is 0 Å². The molecule has 0 saturated carbocycles. The van der Waals surface area contributed by atoms with Crippen LogP contribution < -0.4 is 5.32 Å². The summed E-state index contributed by atoms with van der Waals surface area (Å²) in [5, 5.41) is 11.0. The topological polar surface area (TPSA) is 69.6 Å². The Kier molecular flexibility index (Phi) is 4.65. The summed E-state index contributed by atoms with van der Waals surface area (Å²) in [4.78, 5) is 23.4.